The summed E-state index contributed by atoms with van der Waals surface area (Å²) in [5.74, 6) is -0.797. The first-order valence-corrected chi connectivity index (χ1v) is 5.33. The van der Waals surface area contributed by atoms with Crippen LogP contribution in [0.25, 0.3) is 0 Å². The molecule has 0 aliphatic heterocycles. The lowest BCUT2D eigenvalue weighted by Crippen LogP contribution is -2.27. The van der Waals surface area contributed by atoms with E-state index in [1.165, 1.54) is 7.11 Å². The fraction of sp³-hybridized carbons (Fsp3) is 0.273. The molecule has 17 heavy (non-hydrogen) atoms. The molecule has 3 N–H and O–H groups in total. The van der Waals surface area contributed by atoms with Crippen molar-refractivity contribution in [3.63, 3.8) is 0 Å². The summed E-state index contributed by atoms with van der Waals surface area (Å²) in [6, 6.07) is 4.82. The number of amides is 1. The molecule has 0 aliphatic rings. The second-order valence-electron chi connectivity index (χ2n) is 3.29. The summed E-state index contributed by atoms with van der Waals surface area (Å²) in [5.41, 5.74) is 6.16. The highest BCUT2D eigenvalue weighted by Gasteiger charge is 2.13. The summed E-state index contributed by atoms with van der Waals surface area (Å²) in [7, 11) is 1.29. The smallest absolute Gasteiger partial charge is 0.307 e. The average Bonchev–Trinajstić information content (AvgIpc) is 2.28. The number of esters is 1. The van der Waals surface area contributed by atoms with Gasteiger partial charge in [0.05, 0.1) is 24.1 Å². The van der Waals surface area contributed by atoms with Crippen LogP contribution in [0.5, 0.6) is 0 Å². The highest BCUT2D eigenvalue weighted by atomic mass is 35.5. The lowest BCUT2D eigenvalue weighted by atomic mass is 10.1. The van der Waals surface area contributed by atoms with Crippen molar-refractivity contribution in [1.29, 1.82) is 0 Å². The van der Waals surface area contributed by atoms with Crippen molar-refractivity contribution in [2.75, 3.05) is 19.4 Å². The quantitative estimate of drug-likeness (QED) is 0.627. The number of rotatable bonds is 4. The number of benzene rings is 1. The van der Waals surface area contributed by atoms with Gasteiger partial charge in [0.2, 0.25) is 0 Å². The van der Waals surface area contributed by atoms with Crippen LogP contribution < -0.4 is 11.1 Å². The summed E-state index contributed by atoms with van der Waals surface area (Å²) >= 11 is 5.86. The van der Waals surface area contributed by atoms with Crippen molar-refractivity contribution < 1.29 is 14.3 Å². The SMILES string of the molecule is COC(=O)CCNC(=O)c1c(N)cccc1Cl. The van der Waals surface area contributed by atoms with E-state index >= 15 is 0 Å². The monoisotopic (exact) mass is 256 g/mol. The van der Waals surface area contributed by atoms with Crippen molar-refractivity contribution in [3.8, 4) is 0 Å². The Bertz CT molecular complexity index is 414. The number of methoxy groups -OCH3 is 1. The zero-order valence-corrected chi connectivity index (χ0v) is 10.1. The summed E-state index contributed by atoms with van der Waals surface area (Å²) in [6.07, 6.45) is 0.104. The number of anilines is 1. The van der Waals surface area contributed by atoms with Gasteiger partial charge in [0.1, 0.15) is 0 Å². The Kier molecular flexibility index (Phi) is 4.78. The van der Waals surface area contributed by atoms with E-state index in [2.05, 4.69) is 10.1 Å². The number of hydrogen-bond donors (Lipinski definition) is 2. The molecule has 0 spiro atoms. The molecular weight excluding hydrogens is 244 g/mol. The van der Waals surface area contributed by atoms with Gasteiger partial charge in [-0.05, 0) is 12.1 Å². The van der Waals surface area contributed by atoms with Crippen molar-refractivity contribution in [2.24, 2.45) is 0 Å². The van der Waals surface area contributed by atoms with Crippen LogP contribution in [0.3, 0.4) is 0 Å². The third-order valence-corrected chi connectivity index (χ3v) is 2.43. The Morgan fingerprint density at radius 3 is 2.76 bits per heavy atom. The van der Waals surface area contributed by atoms with Crippen LogP contribution in [-0.2, 0) is 9.53 Å². The van der Waals surface area contributed by atoms with Crippen molar-refractivity contribution in [2.45, 2.75) is 6.42 Å². The van der Waals surface area contributed by atoms with Crippen LogP contribution in [-0.4, -0.2) is 25.5 Å². The molecule has 0 fully saturated rings. The van der Waals surface area contributed by atoms with Crippen LogP contribution >= 0.6 is 11.6 Å². The first kappa shape index (κ1) is 13.3. The molecule has 0 saturated carbocycles. The molecule has 0 heterocycles. The highest BCUT2D eigenvalue weighted by molar-refractivity contribution is 6.34. The number of nitrogens with one attached hydrogen (secondary N) is 1. The maximum Gasteiger partial charge on any atom is 0.307 e. The number of carbonyl (C=O) groups excluding carboxylic acids is 2. The number of carbonyl (C=O) groups is 2. The molecule has 1 amide bonds. The van der Waals surface area contributed by atoms with Gasteiger partial charge in [-0.1, -0.05) is 17.7 Å². The zero-order chi connectivity index (χ0) is 12.8. The van der Waals surface area contributed by atoms with Gasteiger partial charge < -0.3 is 15.8 Å². The van der Waals surface area contributed by atoms with Crippen LogP contribution in [0, 0.1) is 0 Å². The summed E-state index contributed by atoms with van der Waals surface area (Å²) in [4.78, 5) is 22.6. The van der Waals surface area contributed by atoms with E-state index < -0.39 is 11.9 Å². The number of hydrogen-bond acceptors (Lipinski definition) is 4. The van der Waals surface area contributed by atoms with E-state index in [1.54, 1.807) is 18.2 Å². The van der Waals surface area contributed by atoms with E-state index in [4.69, 9.17) is 17.3 Å². The normalized spacial score (nSPS) is 9.76. The molecule has 0 bridgehead atoms. The second-order valence-corrected chi connectivity index (χ2v) is 3.69. The third kappa shape index (κ3) is 3.64. The third-order valence-electron chi connectivity index (χ3n) is 2.12. The minimum atomic E-state index is -0.406. The Balaban J connectivity index is 2.61. The molecule has 0 atom stereocenters. The van der Waals surface area contributed by atoms with Gasteiger partial charge in [0, 0.05) is 12.2 Å². The molecule has 0 radical (unpaired) electrons. The van der Waals surface area contributed by atoms with Gasteiger partial charge in [-0.2, -0.15) is 0 Å². The summed E-state index contributed by atoms with van der Waals surface area (Å²) in [5, 5.41) is 2.82. The lowest BCUT2D eigenvalue weighted by molar-refractivity contribution is -0.140. The van der Waals surface area contributed by atoms with Gasteiger partial charge in [-0.15, -0.1) is 0 Å². The maximum absolute atomic E-state index is 11.7. The lowest BCUT2D eigenvalue weighted by Gasteiger charge is -2.08. The Morgan fingerprint density at radius 1 is 1.47 bits per heavy atom. The number of nitrogen functional groups attached to an aromatic ring is 1. The van der Waals surface area contributed by atoms with Crippen molar-refractivity contribution in [3.05, 3.63) is 28.8 Å². The van der Waals surface area contributed by atoms with Gasteiger partial charge in [-0.3, -0.25) is 9.59 Å². The van der Waals surface area contributed by atoms with E-state index in [1.807, 2.05) is 0 Å². The molecule has 6 heteroatoms. The van der Waals surface area contributed by atoms with E-state index in [9.17, 15) is 9.59 Å². The predicted molar refractivity (Wildman–Crippen MR) is 64.8 cm³/mol. The largest absolute Gasteiger partial charge is 0.469 e. The fourth-order valence-corrected chi connectivity index (χ4v) is 1.52. The van der Waals surface area contributed by atoms with Gasteiger partial charge in [-0.25, -0.2) is 0 Å². The molecule has 0 aliphatic carbocycles. The Morgan fingerprint density at radius 2 is 2.18 bits per heavy atom. The van der Waals surface area contributed by atoms with E-state index in [0.29, 0.717) is 5.69 Å². The summed E-state index contributed by atoms with van der Waals surface area (Å²) in [6.45, 7) is 0.177. The Labute approximate surface area is 104 Å². The standard InChI is InChI=1S/C11H13ClN2O3/c1-17-9(15)5-6-14-11(16)10-7(12)3-2-4-8(10)13/h2-4H,5-6,13H2,1H3,(H,14,16). The van der Waals surface area contributed by atoms with Crippen molar-refractivity contribution >= 4 is 29.2 Å². The van der Waals surface area contributed by atoms with Gasteiger partial charge in [0.25, 0.3) is 5.91 Å². The molecule has 1 aromatic carbocycles. The molecule has 92 valence electrons. The molecule has 0 unspecified atom stereocenters. The number of nitrogens with two attached hydrogens (primary N) is 1. The fourth-order valence-electron chi connectivity index (χ4n) is 1.25. The van der Waals surface area contributed by atoms with Crippen LogP contribution in [0.1, 0.15) is 16.8 Å². The van der Waals surface area contributed by atoms with Crippen LogP contribution in [0.2, 0.25) is 5.02 Å². The van der Waals surface area contributed by atoms with E-state index in [-0.39, 0.29) is 23.6 Å². The topological polar surface area (TPSA) is 81.4 Å². The predicted octanol–water partition coefficient (Wildman–Crippen LogP) is 1.22. The molecule has 0 saturated heterocycles. The van der Waals surface area contributed by atoms with Crippen molar-refractivity contribution in [1.82, 2.24) is 5.32 Å². The second kappa shape index (κ2) is 6.10. The first-order chi connectivity index (χ1) is 8.06. The Hall–Kier alpha value is -1.75. The molecular formula is C11H13ClN2O3. The molecule has 1 aromatic rings. The van der Waals surface area contributed by atoms with Crippen LogP contribution in [0.15, 0.2) is 18.2 Å². The van der Waals surface area contributed by atoms with Gasteiger partial charge >= 0.3 is 5.97 Å². The maximum atomic E-state index is 11.7. The van der Waals surface area contributed by atoms with Gasteiger partial charge in [0.15, 0.2) is 0 Å². The number of ether oxygens (including phenoxy) is 1. The molecule has 5 nitrogen and oxygen atoms in total. The van der Waals surface area contributed by atoms with E-state index in [0.717, 1.165) is 0 Å². The average molecular weight is 257 g/mol. The number of halogens is 1. The first-order valence-electron chi connectivity index (χ1n) is 4.95. The minimum Gasteiger partial charge on any atom is -0.469 e. The molecule has 1 rings (SSSR count). The minimum absolute atomic E-state index is 0.104. The van der Waals surface area contributed by atoms with Crippen LogP contribution in [0.4, 0.5) is 5.69 Å². The zero-order valence-electron chi connectivity index (χ0n) is 9.33. The highest BCUT2D eigenvalue weighted by Crippen LogP contribution is 2.21. The summed E-state index contributed by atoms with van der Waals surface area (Å²) < 4.78 is 4.44. The molecule has 0 aromatic heterocycles.